The molecule has 3 N–H and O–H groups in total. The van der Waals surface area contributed by atoms with Crippen LogP contribution in [0.3, 0.4) is 0 Å². The number of carbonyl (C=O) groups excluding carboxylic acids is 4. The summed E-state index contributed by atoms with van der Waals surface area (Å²) in [5.74, 6) is -1.64. The van der Waals surface area contributed by atoms with Crippen molar-refractivity contribution >= 4 is 23.6 Å². The number of ether oxygens (including phenoxy) is 1. The van der Waals surface area contributed by atoms with Gasteiger partial charge in [-0.3, -0.25) is 14.4 Å². The van der Waals surface area contributed by atoms with Gasteiger partial charge in [-0.25, -0.2) is 4.79 Å². The molecular formula is C24H42N4O5. The van der Waals surface area contributed by atoms with Crippen molar-refractivity contribution in [3.8, 4) is 0 Å². The summed E-state index contributed by atoms with van der Waals surface area (Å²) >= 11 is 0. The number of morpholine rings is 1. The summed E-state index contributed by atoms with van der Waals surface area (Å²) < 4.78 is 5.32. The maximum absolute atomic E-state index is 13.5. The second kappa shape index (κ2) is 13.5. The van der Waals surface area contributed by atoms with E-state index in [9.17, 15) is 19.2 Å². The molecule has 9 nitrogen and oxygen atoms in total. The third kappa shape index (κ3) is 7.69. The van der Waals surface area contributed by atoms with E-state index < -0.39 is 23.3 Å². The van der Waals surface area contributed by atoms with E-state index >= 15 is 0 Å². The van der Waals surface area contributed by atoms with E-state index in [1.54, 1.807) is 4.90 Å². The first-order valence-electron chi connectivity index (χ1n) is 12.7. The molecule has 33 heavy (non-hydrogen) atoms. The first kappa shape index (κ1) is 27.1. The summed E-state index contributed by atoms with van der Waals surface area (Å²) in [5.41, 5.74) is -1.07. The molecule has 1 heterocycles. The molecule has 1 unspecified atom stereocenters. The monoisotopic (exact) mass is 466 g/mol. The number of unbranched alkanes of at least 4 members (excludes halogenated alkanes) is 1. The Bertz CT molecular complexity index is 668. The molecule has 0 aromatic heterocycles. The molecule has 0 bridgehead atoms. The highest BCUT2D eigenvalue weighted by Crippen LogP contribution is 2.29. The van der Waals surface area contributed by atoms with E-state index in [2.05, 4.69) is 16.0 Å². The largest absolute Gasteiger partial charge is 0.378 e. The zero-order valence-corrected chi connectivity index (χ0v) is 20.5. The summed E-state index contributed by atoms with van der Waals surface area (Å²) in [6.45, 7) is 7.84. The van der Waals surface area contributed by atoms with Gasteiger partial charge < -0.3 is 25.6 Å². The van der Waals surface area contributed by atoms with Gasteiger partial charge in [0.05, 0.1) is 19.3 Å². The molecule has 1 saturated heterocycles. The van der Waals surface area contributed by atoms with E-state index in [0.29, 0.717) is 52.0 Å². The molecule has 2 aliphatic rings. The number of nitrogens with one attached hydrogen (secondary N) is 3. The maximum atomic E-state index is 13.5. The van der Waals surface area contributed by atoms with E-state index in [1.165, 1.54) is 0 Å². The van der Waals surface area contributed by atoms with Crippen molar-refractivity contribution in [2.75, 3.05) is 26.3 Å². The lowest BCUT2D eigenvalue weighted by Gasteiger charge is -2.39. The zero-order valence-electron chi connectivity index (χ0n) is 20.5. The summed E-state index contributed by atoms with van der Waals surface area (Å²) in [4.78, 5) is 53.7. The number of rotatable bonds is 11. The smallest absolute Gasteiger partial charge is 0.318 e. The molecule has 0 radical (unpaired) electrons. The Hall–Kier alpha value is -2.16. The molecule has 0 spiro atoms. The Kier molecular flexibility index (Phi) is 11.1. The number of urea groups is 1. The molecule has 0 aromatic rings. The normalized spacial score (nSPS) is 19.0. The zero-order chi connectivity index (χ0) is 24.3. The molecule has 0 aromatic carbocycles. The van der Waals surface area contributed by atoms with Crippen molar-refractivity contribution in [3.05, 3.63) is 0 Å². The Morgan fingerprint density at radius 2 is 1.58 bits per heavy atom. The number of ketones is 1. The van der Waals surface area contributed by atoms with Crippen LogP contribution < -0.4 is 16.0 Å². The van der Waals surface area contributed by atoms with Crippen LogP contribution in [0.2, 0.25) is 0 Å². The highest BCUT2D eigenvalue weighted by molar-refractivity contribution is 6.38. The van der Waals surface area contributed by atoms with E-state index in [1.807, 2.05) is 20.8 Å². The summed E-state index contributed by atoms with van der Waals surface area (Å²) in [7, 11) is 0. The second-order valence-electron chi connectivity index (χ2n) is 9.19. The minimum Gasteiger partial charge on any atom is -0.378 e. The number of amides is 4. The van der Waals surface area contributed by atoms with Crippen molar-refractivity contribution < 1.29 is 23.9 Å². The lowest BCUT2D eigenvalue weighted by Crippen LogP contribution is -2.64. The minimum absolute atomic E-state index is 0.0681. The summed E-state index contributed by atoms with van der Waals surface area (Å²) in [6.07, 6.45) is 7.08. The average Bonchev–Trinajstić information content (AvgIpc) is 2.85. The van der Waals surface area contributed by atoms with Gasteiger partial charge in [-0.15, -0.1) is 0 Å². The SMILES string of the molecule is CCCCC(NC(=O)C1(NC(=O)N2CCOCC2)CCCCC1)C(=O)C(=O)NC(CC)CC. The number of hydrogen-bond donors (Lipinski definition) is 3. The van der Waals surface area contributed by atoms with Gasteiger partial charge in [0.15, 0.2) is 0 Å². The van der Waals surface area contributed by atoms with Gasteiger partial charge in [-0.2, -0.15) is 0 Å². The van der Waals surface area contributed by atoms with Gasteiger partial charge >= 0.3 is 6.03 Å². The van der Waals surface area contributed by atoms with Crippen molar-refractivity contribution in [1.82, 2.24) is 20.9 Å². The molecule has 1 saturated carbocycles. The van der Waals surface area contributed by atoms with Gasteiger partial charge in [0.1, 0.15) is 5.54 Å². The molecule has 1 aliphatic carbocycles. The Morgan fingerprint density at radius 1 is 0.939 bits per heavy atom. The first-order valence-corrected chi connectivity index (χ1v) is 12.7. The minimum atomic E-state index is -1.07. The number of nitrogens with zero attached hydrogens (tertiary/aromatic N) is 1. The molecule has 9 heteroatoms. The van der Waals surface area contributed by atoms with Crippen molar-refractivity contribution in [2.45, 2.75) is 103 Å². The van der Waals surface area contributed by atoms with Crippen molar-refractivity contribution in [2.24, 2.45) is 0 Å². The molecule has 1 aliphatic heterocycles. The Balaban J connectivity index is 2.14. The number of Topliss-reactive ketones (excluding diaryl/α,β-unsaturated/α-hetero) is 1. The van der Waals surface area contributed by atoms with Gasteiger partial charge in [0.2, 0.25) is 11.7 Å². The van der Waals surface area contributed by atoms with Crippen LogP contribution in [0.25, 0.3) is 0 Å². The van der Waals surface area contributed by atoms with Crippen molar-refractivity contribution in [1.29, 1.82) is 0 Å². The maximum Gasteiger partial charge on any atom is 0.318 e. The van der Waals surface area contributed by atoms with Crippen LogP contribution >= 0.6 is 0 Å². The Labute approximate surface area is 197 Å². The lowest BCUT2D eigenvalue weighted by atomic mass is 9.80. The quantitative estimate of drug-likeness (QED) is 0.404. The van der Waals surface area contributed by atoms with Gasteiger partial charge in [-0.1, -0.05) is 52.9 Å². The van der Waals surface area contributed by atoms with Gasteiger partial charge in [-0.05, 0) is 32.1 Å². The van der Waals surface area contributed by atoms with Crippen LogP contribution in [-0.4, -0.2) is 72.5 Å². The fraction of sp³-hybridized carbons (Fsp3) is 0.833. The average molecular weight is 467 g/mol. The molecule has 188 valence electrons. The molecule has 4 amide bonds. The standard InChI is InChI=1S/C24H42N4O5/c1-4-7-11-19(20(29)21(30)25-18(5-2)6-3)26-22(31)24(12-9-8-10-13-24)27-23(32)28-14-16-33-17-15-28/h18-19H,4-17H2,1-3H3,(H,25,30)(H,26,31)(H,27,32). The van der Waals surface area contributed by atoms with E-state index in [0.717, 1.165) is 38.5 Å². The van der Waals surface area contributed by atoms with Crippen molar-refractivity contribution in [3.63, 3.8) is 0 Å². The van der Waals surface area contributed by atoms with Crippen LogP contribution in [0, 0.1) is 0 Å². The second-order valence-corrected chi connectivity index (χ2v) is 9.19. The first-order chi connectivity index (χ1) is 15.9. The number of hydrogen-bond acceptors (Lipinski definition) is 5. The van der Waals surface area contributed by atoms with Crippen LogP contribution in [0.4, 0.5) is 4.79 Å². The van der Waals surface area contributed by atoms with Gasteiger partial charge in [0.25, 0.3) is 5.91 Å². The molecular weight excluding hydrogens is 424 g/mol. The fourth-order valence-electron chi connectivity index (χ4n) is 4.50. The van der Waals surface area contributed by atoms with E-state index in [-0.39, 0.29) is 18.0 Å². The molecule has 2 fully saturated rings. The lowest BCUT2D eigenvalue weighted by molar-refractivity contribution is -0.141. The van der Waals surface area contributed by atoms with Crippen LogP contribution in [0.1, 0.15) is 85.0 Å². The summed E-state index contributed by atoms with van der Waals surface area (Å²) in [6, 6.07) is -1.24. The third-order valence-corrected chi connectivity index (χ3v) is 6.80. The topological polar surface area (TPSA) is 117 Å². The van der Waals surface area contributed by atoms with Crippen LogP contribution in [0.5, 0.6) is 0 Å². The third-order valence-electron chi connectivity index (χ3n) is 6.80. The fourth-order valence-corrected chi connectivity index (χ4v) is 4.50. The van der Waals surface area contributed by atoms with Crippen LogP contribution in [0.15, 0.2) is 0 Å². The highest BCUT2D eigenvalue weighted by Gasteiger charge is 2.43. The number of carbonyl (C=O) groups is 4. The summed E-state index contributed by atoms with van der Waals surface area (Å²) in [5, 5.41) is 8.63. The molecule has 2 rings (SSSR count). The Morgan fingerprint density at radius 3 is 2.15 bits per heavy atom. The van der Waals surface area contributed by atoms with E-state index in [4.69, 9.17) is 4.74 Å². The highest BCUT2D eigenvalue weighted by atomic mass is 16.5. The predicted octanol–water partition coefficient (Wildman–Crippen LogP) is 2.28. The predicted molar refractivity (Wildman–Crippen MR) is 126 cm³/mol. The van der Waals surface area contributed by atoms with Gasteiger partial charge in [0, 0.05) is 19.1 Å². The molecule has 1 atom stereocenters. The van der Waals surface area contributed by atoms with Crippen LogP contribution in [-0.2, 0) is 19.1 Å².